The van der Waals surface area contributed by atoms with Crippen LogP contribution in [-0.2, 0) is 0 Å². The number of amides is 1. The van der Waals surface area contributed by atoms with Gasteiger partial charge in [0, 0.05) is 26.3 Å². The third-order valence-corrected chi connectivity index (χ3v) is 5.15. The highest BCUT2D eigenvalue weighted by atomic mass is 79.9. The highest BCUT2D eigenvalue weighted by molar-refractivity contribution is 9.10. The van der Waals surface area contributed by atoms with Gasteiger partial charge in [0.1, 0.15) is 0 Å². The van der Waals surface area contributed by atoms with E-state index in [1.54, 1.807) is 0 Å². The second-order valence-electron chi connectivity index (χ2n) is 4.99. The van der Waals surface area contributed by atoms with Gasteiger partial charge < -0.3 is 10.3 Å². The van der Waals surface area contributed by atoms with E-state index in [0.717, 1.165) is 31.1 Å². The fourth-order valence-electron chi connectivity index (χ4n) is 2.50. The van der Waals surface area contributed by atoms with Gasteiger partial charge >= 0.3 is 0 Å². The van der Waals surface area contributed by atoms with Gasteiger partial charge in [0.15, 0.2) is 0 Å². The number of H-pyrrole nitrogens is 1. The zero-order chi connectivity index (χ0) is 15.1. The van der Waals surface area contributed by atoms with Gasteiger partial charge in [0.05, 0.1) is 10.6 Å². The average molecular weight is 371 g/mol. The van der Waals surface area contributed by atoms with Crippen molar-refractivity contribution in [2.75, 3.05) is 5.32 Å². The van der Waals surface area contributed by atoms with Crippen molar-refractivity contribution in [3.8, 4) is 0 Å². The van der Waals surface area contributed by atoms with Crippen molar-refractivity contribution in [3.05, 3.63) is 64.1 Å². The molecule has 0 bridgehead atoms. The summed E-state index contributed by atoms with van der Waals surface area (Å²) in [5.41, 5.74) is 1.83. The summed E-state index contributed by atoms with van der Waals surface area (Å²) in [6.07, 6.45) is 1.87. The minimum atomic E-state index is -0.0778. The van der Waals surface area contributed by atoms with Gasteiger partial charge in [-0.3, -0.25) is 4.79 Å². The quantitative estimate of drug-likeness (QED) is 0.487. The molecule has 0 fully saturated rings. The number of anilines is 1. The fourth-order valence-corrected chi connectivity index (χ4v) is 3.82. The molecule has 0 aliphatic rings. The van der Waals surface area contributed by atoms with E-state index < -0.39 is 0 Å². The van der Waals surface area contributed by atoms with Crippen molar-refractivity contribution in [1.29, 1.82) is 0 Å². The number of carbonyl (C=O) groups is 1. The van der Waals surface area contributed by atoms with Crippen LogP contribution in [0.3, 0.4) is 0 Å². The molecule has 4 rings (SSSR count). The summed E-state index contributed by atoms with van der Waals surface area (Å²) in [6.45, 7) is 0. The number of aromatic amines is 1. The number of fused-ring (bicyclic) bond motifs is 2. The first-order chi connectivity index (χ1) is 10.7. The van der Waals surface area contributed by atoms with Crippen molar-refractivity contribution in [2.45, 2.75) is 0 Å². The molecular formula is C17H11BrN2OS. The third kappa shape index (κ3) is 2.32. The lowest BCUT2D eigenvalue weighted by Crippen LogP contribution is -2.10. The first-order valence-corrected chi connectivity index (χ1v) is 8.38. The van der Waals surface area contributed by atoms with Gasteiger partial charge in [0.2, 0.25) is 0 Å². The van der Waals surface area contributed by atoms with Crippen molar-refractivity contribution in [2.24, 2.45) is 0 Å². The maximum absolute atomic E-state index is 12.5. The Kier molecular flexibility index (Phi) is 3.24. The number of carbonyl (C=O) groups excluding carboxylic acids is 1. The Morgan fingerprint density at radius 3 is 2.95 bits per heavy atom. The van der Waals surface area contributed by atoms with Gasteiger partial charge in [-0.1, -0.05) is 22.0 Å². The number of aromatic nitrogens is 1. The molecule has 2 aromatic heterocycles. The minimum absolute atomic E-state index is 0.0778. The molecule has 0 aliphatic heterocycles. The number of halogens is 1. The summed E-state index contributed by atoms with van der Waals surface area (Å²) in [7, 11) is 0. The highest BCUT2D eigenvalue weighted by Gasteiger charge is 2.12. The SMILES string of the molecule is O=C(Nc1cccc2[nH]ccc12)c1cc2cc(Br)ccc2s1. The molecule has 2 heterocycles. The lowest BCUT2D eigenvalue weighted by atomic mass is 10.2. The van der Waals surface area contributed by atoms with E-state index >= 15 is 0 Å². The Morgan fingerprint density at radius 1 is 1.14 bits per heavy atom. The standard InChI is InChI=1S/C17H11BrN2OS/c18-11-4-5-15-10(8-11)9-16(22-15)17(21)20-14-3-1-2-13-12(14)6-7-19-13/h1-9,19H,(H,20,21). The topological polar surface area (TPSA) is 44.9 Å². The maximum Gasteiger partial charge on any atom is 0.265 e. The van der Waals surface area contributed by atoms with Crippen LogP contribution in [0.2, 0.25) is 0 Å². The minimum Gasteiger partial charge on any atom is -0.361 e. The second kappa shape index (κ2) is 5.26. The largest absolute Gasteiger partial charge is 0.361 e. The van der Waals surface area contributed by atoms with E-state index in [1.165, 1.54) is 11.3 Å². The summed E-state index contributed by atoms with van der Waals surface area (Å²) >= 11 is 4.96. The molecule has 2 aromatic carbocycles. The molecule has 1 amide bonds. The van der Waals surface area contributed by atoms with E-state index in [1.807, 2.05) is 54.7 Å². The summed E-state index contributed by atoms with van der Waals surface area (Å²) < 4.78 is 2.12. The zero-order valence-electron chi connectivity index (χ0n) is 11.4. The molecule has 5 heteroatoms. The van der Waals surface area contributed by atoms with Gasteiger partial charge in [-0.2, -0.15) is 0 Å². The van der Waals surface area contributed by atoms with Crippen molar-refractivity contribution in [3.63, 3.8) is 0 Å². The normalized spacial score (nSPS) is 11.1. The summed E-state index contributed by atoms with van der Waals surface area (Å²) in [5.74, 6) is -0.0778. The predicted octanol–water partition coefficient (Wildman–Crippen LogP) is 5.40. The van der Waals surface area contributed by atoms with Gasteiger partial charge in [-0.15, -0.1) is 11.3 Å². The molecular weight excluding hydrogens is 360 g/mol. The molecule has 4 aromatic rings. The van der Waals surface area contributed by atoms with Crippen LogP contribution in [0.25, 0.3) is 21.0 Å². The molecule has 2 N–H and O–H groups in total. The van der Waals surface area contributed by atoms with E-state index in [4.69, 9.17) is 0 Å². The smallest absolute Gasteiger partial charge is 0.265 e. The van der Waals surface area contributed by atoms with Gasteiger partial charge in [-0.25, -0.2) is 0 Å². The molecule has 22 heavy (non-hydrogen) atoms. The second-order valence-corrected chi connectivity index (χ2v) is 6.99. The molecule has 0 aliphatic carbocycles. The first-order valence-electron chi connectivity index (χ1n) is 6.77. The van der Waals surface area contributed by atoms with Crippen LogP contribution < -0.4 is 5.32 Å². The lowest BCUT2D eigenvalue weighted by molar-refractivity contribution is 0.103. The van der Waals surface area contributed by atoms with Crippen LogP contribution in [0.1, 0.15) is 9.67 Å². The number of benzene rings is 2. The molecule has 0 atom stereocenters. The van der Waals surface area contributed by atoms with Crippen LogP contribution in [0.15, 0.2) is 59.2 Å². The Bertz CT molecular complexity index is 1000. The fraction of sp³-hybridized carbons (Fsp3) is 0. The molecule has 0 radical (unpaired) electrons. The lowest BCUT2D eigenvalue weighted by Gasteiger charge is -2.04. The van der Waals surface area contributed by atoms with Crippen LogP contribution in [0, 0.1) is 0 Å². The van der Waals surface area contributed by atoms with E-state index in [2.05, 4.69) is 26.2 Å². The number of nitrogens with one attached hydrogen (secondary N) is 2. The molecule has 108 valence electrons. The maximum atomic E-state index is 12.5. The van der Waals surface area contributed by atoms with Crippen LogP contribution in [-0.4, -0.2) is 10.9 Å². The number of thiophene rings is 1. The molecule has 0 spiro atoms. The summed E-state index contributed by atoms with van der Waals surface area (Å²) in [4.78, 5) is 16.4. The zero-order valence-corrected chi connectivity index (χ0v) is 13.8. The Balaban J connectivity index is 1.70. The Labute approximate surface area is 139 Å². The van der Waals surface area contributed by atoms with Crippen molar-refractivity contribution < 1.29 is 4.79 Å². The van der Waals surface area contributed by atoms with E-state index in [0.29, 0.717) is 4.88 Å². The first kappa shape index (κ1) is 13.5. The summed E-state index contributed by atoms with van der Waals surface area (Å²) in [6, 6.07) is 15.8. The average Bonchev–Trinajstić information content (AvgIpc) is 3.13. The Morgan fingerprint density at radius 2 is 2.05 bits per heavy atom. The highest BCUT2D eigenvalue weighted by Crippen LogP contribution is 2.29. The van der Waals surface area contributed by atoms with Crippen molar-refractivity contribution in [1.82, 2.24) is 4.98 Å². The van der Waals surface area contributed by atoms with Crippen molar-refractivity contribution >= 4 is 59.9 Å². The molecule has 0 saturated carbocycles. The molecule has 3 nitrogen and oxygen atoms in total. The Hall–Kier alpha value is -2.11. The number of hydrogen-bond donors (Lipinski definition) is 2. The van der Waals surface area contributed by atoms with Gasteiger partial charge in [-0.05, 0) is 47.9 Å². The predicted molar refractivity (Wildman–Crippen MR) is 95.8 cm³/mol. The van der Waals surface area contributed by atoms with E-state index in [9.17, 15) is 4.79 Å². The summed E-state index contributed by atoms with van der Waals surface area (Å²) in [5, 5.41) is 5.09. The van der Waals surface area contributed by atoms with Crippen LogP contribution >= 0.6 is 27.3 Å². The molecule has 0 saturated heterocycles. The monoisotopic (exact) mass is 370 g/mol. The third-order valence-electron chi connectivity index (χ3n) is 3.55. The van der Waals surface area contributed by atoms with Crippen LogP contribution in [0.5, 0.6) is 0 Å². The van der Waals surface area contributed by atoms with E-state index in [-0.39, 0.29) is 5.91 Å². The number of hydrogen-bond acceptors (Lipinski definition) is 2. The van der Waals surface area contributed by atoms with Gasteiger partial charge in [0.25, 0.3) is 5.91 Å². The van der Waals surface area contributed by atoms with Crippen LogP contribution in [0.4, 0.5) is 5.69 Å². The molecule has 0 unspecified atom stereocenters. The number of rotatable bonds is 2.